The SMILES string of the molecule is C#C[C@@]1(O)CC[C@H]2[C@@H]3CCC4=C/C(=N\OCC(=O)N[C@@H](C(=O)N[C@H](C(=O)O)[C@@H](C)O)C(C)C)CC[C@]4(C)[C@H]3CC[C@@]21C. The Labute approximate surface area is 248 Å². The van der Waals surface area contributed by atoms with Gasteiger partial charge in [0, 0.05) is 5.41 Å². The summed E-state index contributed by atoms with van der Waals surface area (Å²) in [7, 11) is 0. The van der Waals surface area contributed by atoms with E-state index in [-0.39, 0.29) is 23.4 Å². The lowest BCUT2D eigenvalue weighted by molar-refractivity contribution is -0.145. The van der Waals surface area contributed by atoms with Crippen molar-refractivity contribution in [1.29, 1.82) is 0 Å². The van der Waals surface area contributed by atoms with Crippen molar-refractivity contribution in [2.75, 3.05) is 6.61 Å². The van der Waals surface area contributed by atoms with Crippen LogP contribution in [0, 0.1) is 46.8 Å². The molecular formula is C32H47N3O7. The van der Waals surface area contributed by atoms with Gasteiger partial charge >= 0.3 is 5.97 Å². The minimum absolute atomic E-state index is 0.0647. The molecule has 42 heavy (non-hydrogen) atoms. The van der Waals surface area contributed by atoms with Gasteiger partial charge in [-0.15, -0.1) is 6.42 Å². The van der Waals surface area contributed by atoms with Crippen LogP contribution in [0.5, 0.6) is 0 Å². The van der Waals surface area contributed by atoms with Crippen LogP contribution in [0.15, 0.2) is 16.8 Å². The molecule has 0 radical (unpaired) electrons. The van der Waals surface area contributed by atoms with E-state index in [0.29, 0.717) is 24.2 Å². The average molecular weight is 586 g/mol. The molecule has 0 aromatic heterocycles. The summed E-state index contributed by atoms with van der Waals surface area (Å²) in [5.74, 6) is 1.31. The fourth-order valence-electron chi connectivity index (χ4n) is 8.45. The predicted octanol–water partition coefficient (Wildman–Crippen LogP) is 2.78. The van der Waals surface area contributed by atoms with Crippen molar-refractivity contribution in [3.63, 3.8) is 0 Å². The van der Waals surface area contributed by atoms with Crippen LogP contribution in [0.25, 0.3) is 0 Å². The topological polar surface area (TPSA) is 158 Å². The number of hydrogen-bond acceptors (Lipinski definition) is 7. The van der Waals surface area contributed by atoms with Crippen LogP contribution in [-0.4, -0.2) is 69.2 Å². The first-order valence-electron chi connectivity index (χ1n) is 15.3. The van der Waals surface area contributed by atoms with Crippen molar-refractivity contribution in [2.45, 2.75) is 110 Å². The molecule has 0 aromatic rings. The van der Waals surface area contributed by atoms with Gasteiger partial charge in [-0.05, 0) is 93.5 Å². The van der Waals surface area contributed by atoms with Gasteiger partial charge in [-0.25, -0.2) is 4.79 Å². The number of amides is 2. The number of oxime groups is 1. The second kappa shape index (κ2) is 12.0. The van der Waals surface area contributed by atoms with E-state index in [4.69, 9.17) is 11.3 Å². The lowest BCUT2D eigenvalue weighted by Crippen LogP contribution is -2.56. The lowest BCUT2D eigenvalue weighted by Gasteiger charge is -2.58. The van der Waals surface area contributed by atoms with Gasteiger partial charge in [0.1, 0.15) is 11.6 Å². The third kappa shape index (κ3) is 5.70. The maximum atomic E-state index is 12.7. The first-order valence-corrected chi connectivity index (χ1v) is 15.3. The number of aliphatic hydroxyl groups excluding tert-OH is 1. The average Bonchev–Trinajstić information content (AvgIpc) is 3.20. The summed E-state index contributed by atoms with van der Waals surface area (Å²) >= 11 is 0. The number of rotatable bonds is 9. The van der Waals surface area contributed by atoms with Crippen molar-refractivity contribution >= 4 is 23.5 Å². The minimum Gasteiger partial charge on any atom is -0.480 e. The second-order valence-corrected chi connectivity index (χ2v) is 13.7. The monoisotopic (exact) mass is 585 g/mol. The first kappa shape index (κ1) is 32.0. The Balaban J connectivity index is 1.36. The Bertz CT molecular complexity index is 1190. The lowest BCUT2D eigenvalue weighted by atomic mass is 9.46. The highest BCUT2D eigenvalue weighted by atomic mass is 16.6. The van der Waals surface area contributed by atoms with Gasteiger partial charge < -0.3 is 30.8 Å². The predicted molar refractivity (Wildman–Crippen MR) is 157 cm³/mol. The molecule has 5 N–H and O–H groups in total. The van der Waals surface area contributed by atoms with Gasteiger partial charge in [-0.1, -0.05) is 44.3 Å². The largest absolute Gasteiger partial charge is 0.480 e. The van der Waals surface area contributed by atoms with E-state index in [1.54, 1.807) is 13.8 Å². The minimum atomic E-state index is -1.49. The highest BCUT2D eigenvalue weighted by Gasteiger charge is 2.63. The van der Waals surface area contributed by atoms with Crippen LogP contribution in [0.2, 0.25) is 0 Å². The molecule has 4 aliphatic rings. The van der Waals surface area contributed by atoms with E-state index in [1.807, 2.05) is 0 Å². The quantitative estimate of drug-likeness (QED) is 0.206. The van der Waals surface area contributed by atoms with E-state index < -0.39 is 41.6 Å². The standard InChI is InChI=1S/C32H47N3O7/c1-7-32(41)15-12-24-22-9-8-20-16-21(10-13-30(20,5)23(22)11-14-31(24,32)6)35-42-17-25(37)33-26(18(2)3)28(38)34-27(19(4)36)29(39)40/h1,16,18-19,22-24,26-27,36,41H,8-15,17H2,2-6H3,(H,33,37)(H,34,38)(H,39,40)/b35-21-/t19-,22-,23+,24+,26-,27+,30+,31+,32-/m1/s1. The number of carboxylic acid groups (broad SMARTS) is 1. The summed E-state index contributed by atoms with van der Waals surface area (Å²) in [6.07, 6.45) is 14.0. The zero-order chi connectivity index (χ0) is 31.0. The summed E-state index contributed by atoms with van der Waals surface area (Å²) in [5.41, 5.74) is 0.998. The maximum absolute atomic E-state index is 12.7. The summed E-state index contributed by atoms with van der Waals surface area (Å²) in [4.78, 5) is 42.0. The van der Waals surface area contributed by atoms with Crippen molar-refractivity contribution in [3.8, 4) is 12.3 Å². The van der Waals surface area contributed by atoms with Crippen LogP contribution < -0.4 is 10.6 Å². The molecule has 4 aliphatic carbocycles. The number of hydrogen-bond donors (Lipinski definition) is 5. The molecule has 3 saturated carbocycles. The Kier molecular flexibility index (Phi) is 9.15. The molecule has 0 bridgehead atoms. The number of fused-ring (bicyclic) bond motifs is 5. The number of carbonyl (C=O) groups is 3. The molecule has 4 rings (SSSR count). The molecule has 0 aliphatic heterocycles. The number of allylic oxidation sites excluding steroid dienone is 2. The molecule has 0 aromatic carbocycles. The highest BCUT2D eigenvalue weighted by Crippen LogP contribution is 2.67. The number of aliphatic carboxylic acids is 1. The maximum Gasteiger partial charge on any atom is 0.328 e. The van der Waals surface area contributed by atoms with Gasteiger partial charge in [0.25, 0.3) is 5.91 Å². The van der Waals surface area contributed by atoms with Crippen molar-refractivity contribution < 1.29 is 34.5 Å². The van der Waals surface area contributed by atoms with E-state index in [2.05, 4.69) is 41.6 Å². The molecule has 0 saturated heterocycles. The molecule has 10 heteroatoms. The number of carboxylic acids is 1. The Hall–Kier alpha value is -2.90. The zero-order valence-corrected chi connectivity index (χ0v) is 25.5. The third-order valence-electron chi connectivity index (χ3n) is 11.1. The highest BCUT2D eigenvalue weighted by molar-refractivity contribution is 5.96. The third-order valence-corrected chi connectivity index (χ3v) is 11.1. The molecule has 2 amide bonds. The molecule has 0 spiro atoms. The van der Waals surface area contributed by atoms with E-state index in [0.717, 1.165) is 50.7 Å². The molecule has 9 atom stereocenters. The summed E-state index contributed by atoms with van der Waals surface area (Å²) < 4.78 is 0. The van der Waals surface area contributed by atoms with Crippen LogP contribution in [-0.2, 0) is 19.2 Å². The van der Waals surface area contributed by atoms with Crippen LogP contribution in [0.1, 0.15) is 86.0 Å². The first-order chi connectivity index (χ1) is 19.7. The fourth-order valence-corrected chi connectivity index (χ4v) is 8.45. The Morgan fingerprint density at radius 2 is 1.76 bits per heavy atom. The van der Waals surface area contributed by atoms with Crippen LogP contribution >= 0.6 is 0 Å². The van der Waals surface area contributed by atoms with E-state index >= 15 is 0 Å². The van der Waals surface area contributed by atoms with Crippen molar-refractivity contribution in [2.24, 2.45) is 39.7 Å². The summed E-state index contributed by atoms with van der Waals surface area (Å²) in [6.45, 7) is 8.89. The van der Waals surface area contributed by atoms with Gasteiger partial charge in [-0.3, -0.25) is 9.59 Å². The number of aliphatic hydroxyl groups is 2. The smallest absolute Gasteiger partial charge is 0.328 e. The molecule has 3 fully saturated rings. The summed E-state index contributed by atoms with van der Waals surface area (Å²) in [5, 5.41) is 39.2. The van der Waals surface area contributed by atoms with Crippen LogP contribution in [0.4, 0.5) is 0 Å². The van der Waals surface area contributed by atoms with Crippen molar-refractivity contribution in [1.82, 2.24) is 10.6 Å². The van der Waals surface area contributed by atoms with Crippen LogP contribution in [0.3, 0.4) is 0 Å². The van der Waals surface area contributed by atoms with E-state index in [9.17, 15) is 29.7 Å². The Morgan fingerprint density at radius 3 is 2.38 bits per heavy atom. The number of nitrogens with one attached hydrogen (secondary N) is 2. The molecule has 0 heterocycles. The van der Waals surface area contributed by atoms with Gasteiger partial charge in [0.2, 0.25) is 5.91 Å². The van der Waals surface area contributed by atoms with Gasteiger partial charge in [-0.2, -0.15) is 0 Å². The second-order valence-electron chi connectivity index (χ2n) is 13.7. The number of terminal acetylenes is 1. The number of carbonyl (C=O) groups excluding carboxylic acids is 2. The van der Waals surface area contributed by atoms with Gasteiger partial charge in [0.05, 0.1) is 11.8 Å². The summed E-state index contributed by atoms with van der Waals surface area (Å²) in [6, 6.07) is -2.49. The fraction of sp³-hybridized carbons (Fsp3) is 0.750. The van der Waals surface area contributed by atoms with E-state index in [1.165, 1.54) is 12.5 Å². The van der Waals surface area contributed by atoms with Gasteiger partial charge in [0.15, 0.2) is 12.6 Å². The van der Waals surface area contributed by atoms with Crippen molar-refractivity contribution in [3.05, 3.63) is 11.6 Å². The zero-order valence-electron chi connectivity index (χ0n) is 25.5. The normalized spacial score (nSPS) is 36.8. The Morgan fingerprint density at radius 1 is 1.07 bits per heavy atom. The molecule has 10 nitrogen and oxygen atoms in total. The molecule has 232 valence electrons. The molecular weight excluding hydrogens is 538 g/mol. The molecule has 0 unspecified atom stereocenters. The number of nitrogens with zero attached hydrogens (tertiary/aromatic N) is 1.